The average Bonchev–Trinajstić information content (AvgIpc) is 2.56. The maximum absolute atomic E-state index is 9.34. The molecule has 2 nitrogen and oxygen atoms in total. The van der Waals surface area contributed by atoms with Gasteiger partial charge in [-0.3, -0.25) is 0 Å². The minimum absolute atomic E-state index is 0.174. The minimum Gasteiger partial charge on any atom is -0.392 e. The number of rotatable bonds is 2. The van der Waals surface area contributed by atoms with Gasteiger partial charge in [-0.15, -0.1) is 0 Å². The third-order valence-electron chi connectivity index (χ3n) is 2.59. The molecule has 0 amide bonds. The molecule has 1 saturated heterocycles. The first-order valence-electron chi connectivity index (χ1n) is 4.90. The number of aliphatic hydroxyl groups is 1. The topological polar surface area (TPSA) is 32.3 Å². The van der Waals surface area contributed by atoms with Gasteiger partial charge in [0, 0.05) is 17.6 Å². The van der Waals surface area contributed by atoms with Crippen LogP contribution in [0.3, 0.4) is 0 Å². The van der Waals surface area contributed by atoms with E-state index in [9.17, 15) is 5.11 Å². The summed E-state index contributed by atoms with van der Waals surface area (Å²) >= 11 is 5.80. The first-order chi connectivity index (χ1) is 6.74. The Morgan fingerprint density at radius 1 is 1.36 bits per heavy atom. The highest BCUT2D eigenvalue weighted by Gasteiger charge is 2.21. The first kappa shape index (κ1) is 9.97. The van der Waals surface area contributed by atoms with Crippen LogP contribution in [-0.4, -0.2) is 23.8 Å². The largest absolute Gasteiger partial charge is 0.392 e. The lowest BCUT2D eigenvalue weighted by molar-refractivity contribution is 0.193. The molecule has 76 valence electrons. The first-order valence-corrected chi connectivity index (χ1v) is 5.28. The summed E-state index contributed by atoms with van der Waals surface area (Å²) < 4.78 is 0. The van der Waals surface area contributed by atoms with Crippen LogP contribution >= 0.6 is 11.6 Å². The molecule has 2 N–H and O–H groups in total. The number of halogens is 1. The van der Waals surface area contributed by atoms with Crippen molar-refractivity contribution < 1.29 is 5.11 Å². The molecule has 1 aliphatic rings. The van der Waals surface area contributed by atoms with Gasteiger partial charge in [-0.25, -0.2) is 0 Å². The molecule has 0 aromatic heterocycles. The summed E-state index contributed by atoms with van der Waals surface area (Å²) in [4.78, 5) is 0. The summed E-state index contributed by atoms with van der Waals surface area (Å²) in [7, 11) is 0. The molecule has 0 aliphatic carbocycles. The normalized spacial score (nSPS) is 26.7. The van der Waals surface area contributed by atoms with Crippen LogP contribution in [0.2, 0.25) is 5.02 Å². The van der Waals surface area contributed by atoms with Crippen LogP contribution < -0.4 is 5.32 Å². The Morgan fingerprint density at radius 2 is 2.07 bits per heavy atom. The van der Waals surface area contributed by atoms with Crippen LogP contribution in [0, 0.1) is 0 Å². The number of β-amino-alcohol motifs (C(OH)–C–C–N with tert-alkyl or cyclic N) is 1. The van der Waals surface area contributed by atoms with Gasteiger partial charge in [0.25, 0.3) is 0 Å². The average molecular weight is 212 g/mol. The zero-order chi connectivity index (χ0) is 9.97. The fraction of sp³-hybridized carbons (Fsp3) is 0.455. The van der Waals surface area contributed by atoms with E-state index in [0.29, 0.717) is 6.04 Å². The summed E-state index contributed by atoms with van der Waals surface area (Å²) in [5.41, 5.74) is 1.26. The molecule has 1 aromatic rings. The van der Waals surface area contributed by atoms with Crippen LogP contribution in [0.4, 0.5) is 0 Å². The lowest BCUT2D eigenvalue weighted by Crippen LogP contribution is -2.23. The highest BCUT2D eigenvalue weighted by molar-refractivity contribution is 6.30. The SMILES string of the molecule is OC1CNC(Cc2ccc(Cl)cc2)C1. The minimum atomic E-state index is -0.174. The highest BCUT2D eigenvalue weighted by Crippen LogP contribution is 2.15. The van der Waals surface area contributed by atoms with E-state index >= 15 is 0 Å². The molecule has 2 atom stereocenters. The van der Waals surface area contributed by atoms with Crippen molar-refractivity contribution in [3.63, 3.8) is 0 Å². The van der Waals surface area contributed by atoms with Crippen molar-refractivity contribution in [3.05, 3.63) is 34.9 Å². The van der Waals surface area contributed by atoms with Gasteiger partial charge in [-0.2, -0.15) is 0 Å². The molecule has 0 radical (unpaired) electrons. The van der Waals surface area contributed by atoms with E-state index in [2.05, 4.69) is 5.32 Å². The monoisotopic (exact) mass is 211 g/mol. The maximum Gasteiger partial charge on any atom is 0.0679 e. The molecular weight excluding hydrogens is 198 g/mol. The van der Waals surface area contributed by atoms with E-state index in [1.165, 1.54) is 5.56 Å². The van der Waals surface area contributed by atoms with Crippen molar-refractivity contribution in [2.45, 2.75) is 25.0 Å². The Labute approximate surface area is 88.9 Å². The Morgan fingerprint density at radius 3 is 2.64 bits per heavy atom. The second-order valence-corrected chi connectivity index (χ2v) is 4.26. The van der Waals surface area contributed by atoms with Crippen molar-refractivity contribution in [2.75, 3.05) is 6.54 Å². The molecule has 1 aromatic carbocycles. The van der Waals surface area contributed by atoms with Crippen LogP contribution in [0.1, 0.15) is 12.0 Å². The van der Waals surface area contributed by atoms with Gasteiger partial charge in [0.1, 0.15) is 0 Å². The van der Waals surface area contributed by atoms with E-state index in [1.807, 2.05) is 24.3 Å². The molecule has 14 heavy (non-hydrogen) atoms. The van der Waals surface area contributed by atoms with Gasteiger partial charge in [0.05, 0.1) is 6.10 Å². The summed E-state index contributed by atoms with van der Waals surface area (Å²) in [6, 6.07) is 8.29. The second-order valence-electron chi connectivity index (χ2n) is 3.83. The van der Waals surface area contributed by atoms with Crippen molar-refractivity contribution in [3.8, 4) is 0 Å². The Balaban J connectivity index is 1.94. The van der Waals surface area contributed by atoms with Gasteiger partial charge < -0.3 is 10.4 Å². The lowest BCUT2D eigenvalue weighted by atomic mass is 10.0. The van der Waals surface area contributed by atoms with Crippen molar-refractivity contribution in [1.82, 2.24) is 5.32 Å². The van der Waals surface area contributed by atoms with E-state index < -0.39 is 0 Å². The molecule has 1 heterocycles. The smallest absolute Gasteiger partial charge is 0.0679 e. The second kappa shape index (κ2) is 4.30. The fourth-order valence-corrected chi connectivity index (χ4v) is 1.98. The molecule has 0 saturated carbocycles. The molecule has 1 fully saturated rings. The van der Waals surface area contributed by atoms with Crippen LogP contribution in [0.15, 0.2) is 24.3 Å². The van der Waals surface area contributed by atoms with Gasteiger partial charge in [-0.05, 0) is 30.5 Å². The number of aliphatic hydroxyl groups excluding tert-OH is 1. The molecule has 1 aliphatic heterocycles. The van der Waals surface area contributed by atoms with Crippen LogP contribution in [0.5, 0.6) is 0 Å². The molecule has 2 unspecified atom stereocenters. The highest BCUT2D eigenvalue weighted by atomic mass is 35.5. The molecular formula is C11H14ClNO. The summed E-state index contributed by atoms with van der Waals surface area (Å²) in [6.45, 7) is 0.720. The number of hydrogen-bond acceptors (Lipinski definition) is 2. The zero-order valence-electron chi connectivity index (χ0n) is 7.91. The Bertz CT molecular complexity index is 299. The van der Waals surface area contributed by atoms with Crippen molar-refractivity contribution >= 4 is 11.6 Å². The van der Waals surface area contributed by atoms with Crippen LogP contribution in [-0.2, 0) is 6.42 Å². The number of benzene rings is 1. The number of nitrogens with one attached hydrogen (secondary N) is 1. The zero-order valence-corrected chi connectivity index (χ0v) is 8.67. The van der Waals surface area contributed by atoms with Crippen LogP contribution in [0.25, 0.3) is 0 Å². The van der Waals surface area contributed by atoms with E-state index in [1.54, 1.807) is 0 Å². The van der Waals surface area contributed by atoms with E-state index in [4.69, 9.17) is 11.6 Å². The summed E-state index contributed by atoms with van der Waals surface area (Å²) in [6.07, 6.45) is 1.64. The lowest BCUT2D eigenvalue weighted by Gasteiger charge is -2.09. The molecule has 2 rings (SSSR count). The maximum atomic E-state index is 9.34. The summed E-state index contributed by atoms with van der Waals surface area (Å²) in [5, 5.41) is 13.4. The number of hydrogen-bond donors (Lipinski definition) is 2. The molecule has 3 heteroatoms. The third kappa shape index (κ3) is 2.47. The Hall–Kier alpha value is -0.570. The van der Waals surface area contributed by atoms with Gasteiger partial charge in [0.15, 0.2) is 0 Å². The Kier molecular flexibility index (Phi) is 3.06. The molecule has 0 bridgehead atoms. The van der Waals surface area contributed by atoms with E-state index in [-0.39, 0.29) is 6.10 Å². The summed E-state index contributed by atoms with van der Waals surface area (Å²) in [5.74, 6) is 0. The third-order valence-corrected chi connectivity index (χ3v) is 2.85. The van der Waals surface area contributed by atoms with Gasteiger partial charge >= 0.3 is 0 Å². The van der Waals surface area contributed by atoms with E-state index in [0.717, 1.165) is 24.4 Å². The quantitative estimate of drug-likeness (QED) is 0.779. The predicted molar refractivity (Wildman–Crippen MR) is 57.6 cm³/mol. The van der Waals surface area contributed by atoms with Gasteiger partial charge in [0.2, 0.25) is 0 Å². The van der Waals surface area contributed by atoms with Crippen molar-refractivity contribution in [1.29, 1.82) is 0 Å². The fourth-order valence-electron chi connectivity index (χ4n) is 1.86. The molecule has 0 spiro atoms. The van der Waals surface area contributed by atoms with Crippen molar-refractivity contribution in [2.24, 2.45) is 0 Å². The predicted octanol–water partition coefficient (Wildman–Crippen LogP) is 1.61. The van der Waals surface area contributed by atoms with Gasteiger partial charge in [-0.1, -0.05) is 23.7 Å². The standard InChI is InChI=1S/C11H14ClNO/c12-9-3-1-8(2-4-9)5-10-6-11(14)7-13-10/h1-4,10-11,13-14H,5-7H2.